The van der Waals surface area contributed by atoms with Gasteiger partial charge in [0.15, 0.2) is 0 Å². The normalized spacial score (nSPS) is 13.5. The number of nitrogens with zero attached hydrogens (tertiary/aromatic N) is 1. The highest BCUT2D eigenvalue weighted by Gasteiger charge is 2.27. The first-order valence-electron chi connectivity index (χ1n) is 11.5. The summed E-state index contributed by atoms with van der Waals surface area (Å²) in [6.07, 6.45) is 4.48. The molecular formula is C31H20N2. The Bertz CT molecular complexity index is 1800. The molecule has 0 atom stereocenters. The molecule has 2 nitrogen and oxygen atoms in total. The zero-order chi connectivity index (χ0) is 21.5. The van der Waals surface area contributed by atoms with E-state index in [1.165, 1.54) is 71.8 Å². The highest BCUT2D eigenvalue weighted by Crippen LogP contribution is 2.52. The number of anilines is 1. The molecule has 1 aliphatic carbocycles. The van der Waals surface area contributed by atoms with Crippen molar-refractivity contribution in [3.05, 3.63) is 103 Å². The molecule has 1 aromatic heterocycles. The van der Waals surface area contributed by atoms with Gasteiger partial charge in [-0.3, -0.25) is 0 Å². The van der Waals surface area contributed by atoms with Crippen molar-refractivity contribution in [1.82, 2.24) is 4.57 Å². The molecule has 0 spiro atoms. The minimum atomic E-state index is 0.848. The lowest BCUT2D eigenvalue weighted by Crippen LogP contribution is -2.07. The second-order valence-corrected chi connectivity index (χ2v) is 8.98. The summed E-state index contributed by atoms with van der Waals surface area (Å²) >= 11 is 0. The van der Waals surface area contributed by atoms with Crippen LogP contribution in [0.25, 0.3) is 66.6 Å². The molecule has 33 heavy (non-hydrogen) atoms. The third kappa shape index (κ3) is 2.13. The Morgan fingerprint density at radius 2 is 1.42 bits per heavy atom. The molecule has 1 aliphatic heterocycles. The van der Waals surface area contributed by atoms with Crippen molar-refractivity contribution in [3.8, 4) is 27.9 Å². The van der Waals surface area contributed by atoms with Crippen LogP contribution in [0.4, 0.5) is 5.69 Å². The second-order valence-electron chi connectivity index (χ2n) is 8.98. The Balaban J connectivity index is 1.75. The predicted octanol–water partition coefficient (Wildman–Crippen LogP) is 8.02. The van der Waals surface area contributed by atoms with E-state index in [2.05, 4.69) is 113 Å². The van der Waals surface area contributed by atoms with Crippen LogP contribution in [0.15, 0.2) is 97.1 Å². The Labute approximate surface area is 191 Å². The average Bonchev–Trinajstić information content (AvgIpc) is 3.18. The fourth-order valence-electron chi connectivity index (χ4n) is 5.99. The van der Waals surface area contributed by atoms with E-state index >= 15 is 0 Å². The minimum absolute atomic E-state index is 0.848. The van der Waals surface area contributed by atoms with Crippen LogP contribution in [0.5, 0.6) is 0 Å². The molecule has 1 N–H and O–H groups in total. The van der Waals surface area contributed by atoms with Crippen molar-refractivity contribution >= 4 is 44.3 Å². The van der Waals surface area contributed by atoms with Gasteiger partial charge in [0.1, 0.15) is 0 Å². The van der Waals surface area contributed by atoms with E-state index in [1.54, 1.807) is 0 Å². The van der Waals surface area contributed by atoms with Crippen molar-refractivity contribution in [2.24, 2.45) is 0 Å². The maximum atomic E-state index is 3.71. The monoisotopic (exact) mass is 420 g/mol. The Kier molecular flexibility index (Phi) is 3.22. The third-order valence-electron chi connectivity index (χ3n) is 7.29. The molecule has 5 aromatic carbocycles. The summed E-state index contributed by atoms with van der Waals surface area (Å²) in [5, 5.41) is 9.06. The topological polar surface area (TPSA) is 17.0 Å². The summed E-state index contributed by atoms with van der Waals surface area (Å²) in [6.45, 7) is 0.848. The van der Waals surface area contributed by atoms with E-state index < -0.39 is 0 Å². The van der Waals surface area contributed by atoms with Crippen LogP contribution in [0.1, 0.15) is 5.56 Å². The van der Waals surface area contributed by atoms with E-state index in [4.69, 9.17) is 0 Å². The molecular weight excluding hydrogens is 400 g/mol. The van der Waals surface area contributed by atoms with Crippen LogP contribution in [0.3, 0.4) is 0 Å². The fourth-order valence-corrected chi connectivity index (χ4v) is 5.99. The number of hydrogen-bond donors (Lipinski definition) is 1. The van der Waals surface area contributed by atoms with Crippen LogP contribution < -0.4 is 5.32 Å². The molecule has 0 amide bonds. The summed E-state index contributed by atoms with van der Waals surface area (Å²) in [6, 6.07) is 33.4. The Morgan fingerprint density at radius 1 is 0.636 bits per heavy atom. The molecule has 0 fully saturated rings. The van der Waals surface area contributed by atoms with Gasteiger partial charge < -0.3 is 9.88 Å². The standard InChI is InChI=1S/C31H20N2/c1-2-10-21(11-3-1)33-26-16-15-19-8-6-14-24-22-12-4-5-13-23(22)25-18-20-9-7-17-32-30(20)31(33)28(25)29(26)27(19)24/h1-16,18,32H,17H2. The van der Waals surface area contributed by atoms with E-state index in [0.29, 0.717) is 0 Å². The minimum Gasteiger partial charge on any atom is -0.379 e. The van der Waals surface area contributed by atoms with Gasteiger partial charge in [-0.25, -0.2) is 0 Å². The maximum Gasteiger partial charge on any atom is 0.0786 e. The van der Waals surface area contributed by atoms with E-state index in [1.807, 2.05) is 0 Å². The van der Waals surface area contributed by atoms with Gasteiger partial charge in [0.05, 0.1) is 16.7 Å². The van der Waals surface area contributed by atoms with E-state index in [9.17, 15) is 0 Å². The maximum absolute atomic E-state index is 3.71. The lowest BCUT2D eigenvalue weighted by Gasteiger charge is -2.20. The van der Waals surface area contributed by atoms with Crippen LogP contribution in [-0.2, 0) is 0 Å². The molecule has 8 rings (SSSR count). The molecule has 2 aliphatic rings. The van der Waals surface area contributed by atoms with Crippen LogP contribution >= 0.6 is 0 Å². The molecule has 0 bridgehead atoms. The van der Waals surface area contributed by atoms with E-state index in [-0.39, 0.29) is 0 Å². The Morgan fingerprint density at radius 3 is 2.30 bits per heavy atom. The van der Waals surface area contributed by atoms with Crippen molar-refractivity contribution in [2.75, 3.05) is 11.9 Å². The SMILES string of the molecule is C1=Cc2cc3c4c5c6c(cccc6ccc5n(-c5ccccc5)c4c2NC1)-c1ccccc1-3. The van der Waals surface area contributed by atoms with Crippen LogP contribution in [0.2, 0.25) is 0 Å². The summed E-state index contributed by atoms with van der Waals surface area (Å²) in [5.74, 6) is 0. The molecule has 0 radical (unpaired) electrons. The molecule has 2 heteroatoms. The number of benzene rings is 5. The molecule has 0 saturated carbocycles. The first-order valence-corrected chi connectivity index (χ1v) is 11.5. The van der Waals surface area contributed by atoms with Gasteiger partial charge in [0, 0.05) is 28.6 Å². The Hall–Kier alpha value is -4.30. The van der Waals surface area contributed by atoms with Gasteiger partial charge in [0.25, 0.3) is 0 Å². The number of rotatable bonds is 1. The first kappa shape index (κ1) is 17.3. The number of para-hydroxylation sites is 1. The fraction of sp³-hybridized carbons (Fsp3) is 0.0323. The molecule has 154 valence electrons. The van der Waals surface area contributed by atoms with Crippen molar-refractivity contribution in [3.63, 3.8) is 0 Å². The zero-order valence-electron chi connectivity index (χ0n) is 18.0. The predicted molar refractivity (Wildman–Crippen MR) is 140 cm³/mol. The number of nitrogens with one attached hydrogen (secondary N) is 1. The first-order chi connectivity index (χ1) is 16.4. The van der Waals surface area contributed by atoms with Crippen LogP contribution in [-0.4, -0.2) is 11.1 Å². The highest BCUT2D eigenvalue weighted by molar-refractivity contribution is 6.32. The largest absolute Gasteiger partial charge is 0.379 e. The molecule has 0 unspecified atom stereocenters. The van der Waals surface area contributed by atoms with Crippen molar-refractivity contribution < 1.29 is 0 Å². The molecule has 0 saturated heterocycles. The van der Waals surface area contributed by atoms with Crippen molar-refractivity contribution in [2.45, 2.75) is 0 Å². The van der Waals surface area contributed by atoms with Crippen LogP contribution in [0, 0.1) is 0 Å². The van der Waals surface area contributed by atoms with Gasteiger partial charge >= 0.3 is 0 Å². The van der Waals surface area contributed by atoms with Gasteiger partial charge in [-0.05, 0) is 57.3 Å². The summed E-state index contributed by atoms with van der Waals surface area (Å²) < 4.78 is 2.46. The summed E-state index contributed by atoms with van der Waals surface area (Å²) in [4.78, 5) is 0. The van der Waals surface area contributed by atoms with Gasteiger partial charge in [-0.2, -0.15) is 0 Å². The molecule has 6 aromatic rings. The van der Waals surface area contributed by atoms with Gasteiger partial charge in [0.2, 0.25) is 0 Å². The highest BCUT2D eigenvalue weighted by atomic mass is 15.0. The zero-order valence-corrected chi connectivity index (χ0v) is 18.0. The molecule has 2 heterocycles. The van der Waals surface area contributed by atoms with Gasteiger partial charge in [-0.15, -0.1) is 0 Å². The van der Waals surface area contributed by atoms with Crippen molar-refractivity contribution in [1.29, 1.82) is 0 Å². The average molecular weight is 421 g/mol. The number of fused-ring (bicyclic) bond motifs is 5. The quantitative estimate of drug-likeness (QED) is 0.284. The smallest absolute Gasteiger partial charge is 0.0786 e. The third-order valence-corrected chi connectivity index (χ3v) is 7.29. The summed E-state index contributed by atoms with van der Waals surface area (Å²) in [5.41, 5.74) is 11.4. The number of aromatic nitrogens is 1. The summed E-state index contributed by atoms with van der Waals surface area (Å²) in [7, 11) is 0. The second kappa shape index (κ2) is 6.14. The lowest BCUT2D eigenvalue weighted by molar-refractivity contribution is 1.17. The number of hydrogen-bond acceptors (Lipinski definition) is 1. The van der Waals surface area contributed by atoms with Gasteiger partial charge in [-0.1, -0.05) is 78.9 Å². The lowest BCUT2D eigenvalue weighted by atomic mass is 9.92. The van der Waals surface area contributed by atoms with E-state index in [0.717, 1.165) is 6.54 Å².